The van der Waals surface area contributed by atoms with Crippen molar-refractivity contribution in [3.8, 4) is 0 Å². The van der Waals surface area contributed by atoms with Crippen LogP contribution in [-0.4, -0.2) is 59.9 Å². The molecule has 4 atom stereocenters. The van der Waals surface area contributed by atoms with E-state index in [9.17, 15) is 17.2 Å². The molecular formula is C28H36F2N6O2S. The van der Waals surface area contributed by atoms with Gasteiger partial charge in [-0.05, 0) is 54.8 Å². The number of alkyl halides is 2. The number of hydrogen-bond acceptors (Lipinski definition) is 8. The fourth-order valence-electron chi connectivity index (χ4n) is 5.82. The number of fused-ring (bicyclic) bond motifs is 1. The second-order valence-corrected chi connectivity index (χ2v) is 13.6. The number of rotatable bonds is 7. The number of hydrogen-bond donors (Lipinski definition) is 2. The SMILES string of the molecule is CC(C)c1ccc(N2C[C@H](CS(C)(=O)=O)[C@H]2C)c2cnc(Nc3ccnc([C@H]4CC[C@H](N)C(F)(F)C4)n3)cc12. The van der Waals surface area contributed by atoms with Crippen LogP contribution in [0.15, 0.2) is 36.7 Å². The average molecular weight is 559 g/mol. The number of nitrogens with zero attached hydrogens (tertiary/aromatic N) is 4. The first-order valence-corrected chi connectivity index (χ1v) is 15.5. The molecule has 2 aliphatic rings. The van der Waals surface area contributed by atoms with Gasteiger partial charge in [0.25, 0.3) is 5.92 Å². The van der Waals surface area contributed by atoms with Crippen LogP contribution >= 0.6 is 0 Å². The maximum Gasteiger partial charge on any atom is 0.263 e. The van der Waals surface area contributed by atoms with Crippen LogP contribution in [0.5, 0.6) is 0 Å². The van der Waals surface area contributed by atoms with Gasteiger partial charge in [-0.1, -0.05) is 19.9 Å². The molecule has 3 heterocycles. The van der Waals surface area contributed by atoms with E-state index in [1.54, 1.807) is 12.3 Å². The van der Waals surface area contributed by atoms with Gasteiger partial charge in [0.2, 0.25) is 0 Å². The predicted octanol–water partition coefficient (Wildman–Crippen LogP) is 4.99. The summed E-state index contributed by atoms with van der Waals surface area (Å²) in [5.41, 5.74) is 7.81. The van der Waals surface area contributed by atoms with Gasteiger partial charge in [-0.25, -0.2) is 32.2 Å². The lowest BCUT2D eigenvalue weighted by molar-refractivity contribution is -0.0591. The maximum atomic E-state index is 14.2. The smallest absolute Gasteiger partial charge is 0.263 e. The molecule has 1 aromatic carbocycles. The fourth-order valence-corrected chi connectivity index (χ4v) is 6.98. The summed E-state index contributed by atoms with van der Waals surface area (Å²) in [6, 6.07) is 6.89. The first-order chi connectivity index (χ1) is 18.3. The zero-order valence-electron chi connectivity index (χ0n) is 22.7. The molecule has 1 aliphatic carbocycles. The third-order valence-corrected chi connectivity index (χ3v) is 9.18. The molecule has 1 saturated heterocycles. The Morgan fingerprint density at radius 3 is 2.59 bits per heavy atom. The molecule has 0 bridgehead atoms. The van der Waals surface area contributed by atoms with Crippen LogP contribution in [0.25, 0.3) is 10.8 Å². The maximum absolute atomic E-state index is 14.2. The van der Waals surface area contributed by atoms with E-state index in [1.165, 1.54) is 11.8 Å². The Bertz CT molecular complexity index is 1480. The van der Waals surface area contributed by atoms with Crippen LogP contribution in [0.3, 0.4) is 0 Å². The predicted molar refractivity (Wildman–Crippen MR) is 151 cm³/mol. The molecule has 11 heteroatoms. The first-order valence-electron chi connectivity index (χ1n) is 13.4. The van der Waals surface area contributed by atoms with E-state index in [0.717, 1.165) is 16.5 Å². The molecule has 0 amide bonds. The number of halogens is 2. The van der Waals surface area contributed by atoms with Crippen LogP contribution in [0.1, 0.15) is 63.3 Å². The van der Waals surface area contributed by atoms with Crippen molar-refractivity contribution in [2.24, 2.45) is 11.7 Å². The van der Waals surface area contributed by atoms with Crippen molar-refractivity contribution in [3.05, 3.63) is 48.0 Å². The number of sulfone groups is 1. The summed E-state index contributed by atoms with van der Waals surface area (Å²) >= 11 is 0. The third-order valence-electron chi connectivity index (χ3n) is 8.15. The molecule has 1 saturated carbocycles. The summed E-state index contributed by atoms with van der Waals surface area (Å²) in [6.45, 7) is 7.02. The molecule has 210 valence electrons. The van der Waals surface area contributed by atoms with E-state index in [2.05, 4.69) is 58.1 Å². The minimum Gasteiger partial charge on any atom is -0.368 e. The van der Waals surface area contributed by atoms with Crippen molar-refractivity contribution in [3.63, 3.8) is 0 Å². The van der Waals surface area contributed by atoms with Crippen molar-refractivity contribution in [1.29, 1.82) is 0 Å². The molecule has 3 aromatic rings. The number of benzene rings is 1. The van der Waals surface area contributed by atoms with E-state index in [4.69, 9.17) is 5.73 Å². The molecule has 1 aliphatic heterocycles. The van der Waals surface area contributed by atoms with Gasteiger partial charge in [0.1, 0.15) is 27.3 Å². The van der Waals surface area contributed by atoms with Crippen LogP contribution < -0.4 is 16.0 Å². The highest BCUT2D eigenvalue weighted by molar-refractivity contribution is 7.90. The molecule has 8 nitrogen and oxygen atoms in total. The van der Waals surface area contributed by atoms with Crippen LogP contribution in [0, 0.1) is 5.92 Å². The van der Waals surface area contributed by atoms with Gasteiger partial charge in [-0.2, -0.15) is 0 Å². The topological polar surface area (TPSA) is 114 Å². The molecule has 5 rings (SSSR count). The van der Waals surface area contributed by atoms with Gasteiger partial charge >= 0.3 is 0 Å². The van der Waals surface area contributed by atoms with E-state index >= 15 is 0 Å². The van der Waals surface area contributed by atoms with Crippen molar-refractivity contribution in [2.75, 3.05) is 28.8 Å². The Balaban J connectivity index is 1.41. The average Bonchev–Trinajstić information content (AvgIpc) is 2.86. The van der Waals surface area contributed by atoms with Crippen molar-refractivity contribution >= 4 is 37.9 Å². The molecule has 3 N–H and O–H groups in total. The van der Waals surface area contributed by atoms with Gasteiger partial charge in [-0.15, -0.1) is 0 Å². The second kappa shape index (κ2) is 10.2. The monoisotopic (exact) mass is 558 g/mol. The number of aromatic nitrogens is 3. The molecule has 39 heavy (non-hydrogen) atoms. The highest BCUT2D eigenvalue weighted by atomic mass is 32.2. The number of nitrogens with one attached hydrogen (secondary N) is 1. The summed E-state index contributed by atoms with van der Waals surface area (Å²) in [5.74, 6) is -1.36. The molecule has 0 spiro atoms. The number of anilines is 3. The van der Waals surface area contributed by atoms with Crippen molar-refractivity contribution < 1.29 is 17.2 Å². The van der Waals surface area contributed by atoms with E-state index in [1.807, 2.05) is 12.3 Å². The van der Waals surface area contributed by atoms with Crippen molar-refractivity contribution in [2.45, 2.75) is 69.9 Å². The zero-order chi connectivity index (χ0) is 28.1. The van der Waals surface area contributed by atoms with Crippen LogP contribution in [0.2, 0.25) is 0 Å². The Kier molecular flexibility index (Phi) is 7.26. The van der Waals surface area contributed by atoms with Crippen LogP contribution in [-0.2, 0) is 9.84 Å². The lowest BCUT2D eigenvalue weighted by atomic mass is 9.83. The molecule has 0 radical (unpaired) electrons. The Morgan fingerprint density at radius 1 is 1.15 bits per heavy atom. The third kappa shape index (κ3) is 5.70. The second-order valence-electron chi connectivity index (χ2n) is 11.5. The summed E-state index contributed by atoms with van der Waals surface area (Å²) in [7, 11) is -3.04. The molecule has 2 fully saturated rings. The quantitative estimate of drug-likeness (QED) is 0.417. The summed E-state index contributed by atoms with van der Waals surface area (Å²) in [4.78, 5) is 15.7. The highest BCUT2D eigenvalue weighted by Crippen LogP contribution is 2.41. The largest absolute Gasteiger partial charge is 0.368 e. The standard InChI is InChI=1S/C28H36F2N6O2S/c1-16(2)20-6-7-23(36-14-19(17(36)3)15-39(4,37)38)22-13-33-26(11-21(20)22)34-25-9-10-32-27(35-25)18-5-8-24(31)28(29,30)12-18/h6-7,9-11,13,16-19,24H,5,8,12,14-15,31H2,1-4H3,(H,32,33,34,35)/t17-,18+,19-,24+/m1/s1. The van der Waals surface area contributed by atoms with E-state index in [0.29, 0.717) is 30.4 Å². The Morgan fingerprint density at radius 2 is 1.92 bits per heavy atom. The fraction of sp³-hybridized carbons (Fsp3) is 0.536. The minimum absolute atomic E-state index is 0.0977. The van der Waals surface area contributed by atoms with Gasteiger partial charge < -0.3 is 16.0 Å². The first kappa shape index (κ1) is 27.6. The number of nitrogens with two attached hydrogens (primary N) is 1. The summed E-state index contributed by atoms with van der Waals surface area (Å²) < 4.78 is 52.1. The lowest BCUT2D eigenvalue weighted by Gasteiger charge is -2.48. The Labute approximate surface area is 228 Å². The van der Waals surface area contributed by atoms with Gasteiger partial charge in [0.05, 0.1) is 11.8 Å². The normalized spacial score (nSPS) is 25.1. The molecule has 2 aromatic heterocycles. The zero-order valence-corrected chi connectivity index (χ0v) is 23.5. The van der Waals surface area contributed by atoms with Gasteiger partial charge in [0.15, 0.2) is 0 Å². The Hall–Kier alpha value is -2.92. The van der Waals surface area contributed by atoms with Crippen molar-refractivity contribution in [1.82, 2.24) is 15.0 Å². The van der Waals surface area contributed by atoms with Gasteiger partial charge in [0, 0.05) is 60.6 Å². The van der Waals surface area contributed by atoms with E-state index in [-0.39, 0.29) is 36.5 Å². The summed E-state index contributed by atoms with van der Waals surface area (Å²) in [5, 5.41) is 5.29. The highest BCUT2D eigenvalue weighted by Gasteiger charge is 2.44. The molecular weight excluding hydrogens is 522 g/mol. The van der Waals surface area contributed by atoms with Crippen LogP contribution in [0.4, 0.5) is 26.1 Å². The molecule has 0 unspecified atom stereocenters. The number of pyridine rings is 1. The lowest BCUT2D eigenvalue weighted by Crippen LogP contribution is -2.57. The summed E-state index contributed by atoms with van der Waals surface area (Å²) in [6.07, 6.45) is 5.10. The van der Waals surface area contributed by atoms with Gasteiger partial charge in [-0.3, -0.25) is 0 Å². The minimum atomic E-state index is -3.04. The van der Waals surface area contributed by atoms with E-state index < -0.39 is 27.7 Å².